The molecule has 1 rings (SSSR count). The number of rotatable bonds is 6. The molecule has 4 nitrogen and oxygen atoms in total. The van der Waals surface area contributed by atoms with Gasteiger partial charge in [0.05, 0.1) is 5.56 Å². The molecule has 100 valence electrons. The summed E-state index contributed by atoms with van der Waals surface area (Å²) in [7, 11) is 1.93. The van der Waals surface area contributed by atoms with Crippen molar-refractivity contribution in [1.82, 2.24) is 9.97 Å². The Morgan fingerprint density at radius 3 is 2.72 bits per heavy atom. The summed E-state index contributed by atoms with van der Waals surface area (Å²) in [6, 6.07) is 0.293. The number of halogens is 1. The number of aryl methyl sites for hydroxylation is 1. The van der Waals surface area contributed by atoms with Crippen molar-refractivity contribution in [3.05, 3.63) is 16.5 Å². The van der Waals surface area contributed by atoms with E-state index >= 15 is 0 Å². The molecule has 0 radical (unpaired) electrons. The second-order valence-corrected chi connectivity index (χ2v) is 5.50. The molecule has 0 amide bonds. The Balaban J connectivity index is 3.03. The minimum atomic E-state index is 0.219. The highest BCUT2D eigenvalue weighted by atomic mass is 35.5. The van der Waals surface area contributed by atoms with E-state index in [-0.39, 0.29) is 5.15 Å². The van der Waals surface area contributed by atoms with Crippen LogP contribution in [0, 0.1) is 6.92 Å². The molecule has 0 aliphatic heterocycles. The van der Waals surface area contributed by atoms with Crippen LogP contribution >= 0.6 is 23.4 Å². The Kier molecular flexibility index (Phi) is 5.88. The number of thioether (sulfide) groups is 1. The third-order valence-electron chi connectivity index (χ3n) is 2.84. The largest absolute Gasteiger partial charge is 0.356 e. The summed E-state index contributed by atoms with van der Waals surface area (Å²) < 4.78 is 0. The molecule has 1 atom stereocenters. The Morgan fingerprint density at radius 1 is 1.50 bits per heavy atom. The van der Waals surface area contributed by atoms with E-state index in [4.69, 9.17) is 11.6 Å². The van der Waals surface area contributed by atoms with E-state index in [1.165, 1.54) is 0 Å². The van der Waals surface area contributed by atoms with Crippen molar-refractivity contribution in [2.75, 3.05) is 24.0 Å². The maximum Gasteiger partial charge on any atom is 0.156 e. The molecule has 0 aliphatic rings. The number of carbonyl (C=O) groups excluding carboxylic acids is 1. The first-order valence-corrected chi connectivity index (χ1v) is 7.49. The third kappa shape index (κ3) is 3.59. The summed E-state index contributed by atoms with van der Waals surface area (Å²) in [6.45, 7) is 3.88. The zero-order chi connectivity index (χ0) is 13.7. The fourth-order valence-corrected chi connectivity index (χ4v) is 2.42. The van der Waals surface area contributed by atoms with Crippen LogP contribution in [0.15, 0.2) is 0 Å². The molecule has 1 aromatic rings. The number of carbonyl (C=O) groups is 1. The van der Waals surface area contributed by atoms with Gasteiger partial charge in [-0.3, -0.25) is 4.79 Å². The van der Waals surface area contributed by atoms with Crippen LogP contribution in [0.4, 0.5) is 5.82 Å². The number of aromatic nitrogens is 2. The topological polar surface area (TPSA) is 46.1 Å². The Bertz CT molecular complexity index is 428. The third-order valence-corrected chi connectivity index (χ3v) is 3.78. The zero-order valence-electron chi connectivity index (χ0n) is 11.1. The minimum absolute atomic E-state index is 0.219. The maximum atomic E-state index is 11.1. The normalized spacial score (nSPS) is 12.3. The molecule has 18 heavy (non-hydrogen) atoms. The molecule has 1 heterocycles. The van der Waals surface area contributed by atoms with E-state index in [1.807, 2.05) is 11.9 Å². The number of nitrogens with zero attached hydrogens (tertiary/aromatic N) is 3. The first kappa shape index (κ1) is 15.2. The number of hydrogen-bond acceptors (Lipinski definition) is 5. The van der Waals surface area contributed by atoms with E-state index in [2.05, 4.69) is 23.1 Å². The molecule has 1 aromatic heterocycles. The van der Waals surface area contributed by atoms with Crippen molar-refractivity contribution < 1.29 is 4.79 Å². The van der Waals surface area contributed by atoms with Crippen LogP contribution in [0.2, 0.25) is 5.15 Å². The Hall–Kier alpha value is -0.810. The van der Waals surface area contributed by atoms with Gasteiger partial charge < -0.3 is 4.90 Å². The highest BCUT2D eigenvalue weighted by Crippen LogP contribution is 2.24. The predicted octanol–water partition coefficient (Wildman–Crippen LogP) is 2.83. The molecule has 0 aromatic carbocycles. The van der Waals surface area contributed by atoms with Gasteiger partial charge in [-0.15, -0.1) is 0 Å². The minimum Gasteiger partial charge on any atom is -0.356 e. The van der Waals surface area contributed by atoms with E-state index in [1.54, 1.807) is 18.7 Å². The molecule has 0 fully saturated rings. The van der Waals surface area contributed by atoms with E-state index in [0.717, 1.165) is 18.5 Å². The van der Waals surface area contributed by atoms with Gasteiger partial charge in [-0.1, -0.05) is 11.6 Å². The Labute approximate surface area is 117 Å². The van der Waals surface area contributed by atoms with Gasteiger partial charge in [0, 0.05) is 13.1 Å². The van der Waals surface area contributed by atoms with Gasteiger partial charge in [0.1, 0.15) is 16.8 Å². The van der Waals surface area contributed by atoms with Crippen LogP contribution in [0.25, 0.3) is 0 Å². The van der Waals surface area contributed by atoms with Crippen LogP contribution < -0.4 is 4.90 Å². The lowest BCUT2D eigenvalue weighted by Gasteiger charge is -2.27. The maximum absolute atomic E-state index is 11.1. The first-order chi connectivity index (χ1) is 8.51. The highest BCUT2D eigenvalue weighted by Gasteiger charge is 2.18. The van der Waals surface area contributed by atoms with Crippen molar-refractivity contribution in [2.45, 2.75) is 26.3 Å². The Morgan fingerprint density at radius 2 is 2.17 bits per heavy atom. The lowest BCUT2D eigenvalue weighted by Crippen LogP contribution is -2.31. The lowest BCUT2D eigenvalue weighted by atomic mass is 10.2. The van der Waals surface area contributed by atoms with Crippen molar-refractivity contribution in [1.29, 1.82) is 0 Å². The SMILES string of the molecule is CSCCC(C)N(C)c1nc(C)nc(Cl)c1C=O. The molecule has 0 saturated carbocycles. The van der Waals surface area contributed by atoms with Gasteiger partial charge >= 0.3 is 0 Å². The lowest BCUT2D eigenvalue weighted by molar-refractivity contribution is 0.112. The standard InChI is InChI=1S/C12H18ClN3OS/c1-8(5-6-18-4)16(3)12-10(7-17)11(13)14-9(2)15-12/h7-8H,5-6H2,1-4H3. The van der Waals surface area contributed by atoms with E-state index < -0.39 is 0 Å². The van der Waals surface area contributed by atoms with E-state index in [0.29, 0.717) is 23.2 Å². The second-order valence-electron chi connectivity index (χ2n) is 4.16. The number of hydrogen-bond donors (Lipinski definition) is 0. The molecule has 1 unspecified atom stereocenters. The summed E-state index contributed by atoms with van der Waals surface area (Å²) in [6.07, 6.45) is 3.82. The highest BCUT2D eigenvalue weighted by molar-refractivity contribution is 7.98. The summed E-state index contributed by atoms with van der Waals surface area (Å²) in [5.74, 6) is 2.25. The van der Waals surface area contributed by atoms with Crippen molar-refractivity contribution >= 4 is 35.5 Å². The quantitative estimate of drug-likeness (QED) is 0.595. The molecule has 0 bridgehead atoms. The van der Waals surface area contributed by atoms with Gasteiger partial charge in [0.15, 0.2) is 6.29 Å². The molecular formula is C12H18ClN3OS. The van der Waals surface area contributed by atoms with Crippen molar-refractivity contribution in [3.63, 3.8) is 0 Å². The fourth-order valence-electron chi connectivity index (χ4n) is 1.59. The van der Waals surface area contributed by atoms with Crippen LogP contribution in [0.1, 0.15) is 29.5 Å². The first-order valence-electron chi connectivity index (χ1n) is 5.72. The smallest absolute Gasteiger partial charge is 0.156 e. The van der Waals surface area contributed by atoms with Crippen molar-refractivity contribution in [2.24, 2.45) is 0 Å². The molecule has 0 spiro atoms. The van der Waals surface area contributed by atoms with Crippen molar-refractivity contribution in [3.8, 4) is 0 Å². The van der Waals surface area contributed by atoms with Gasteiger partial charge in [-0.05, 0) is 32.3 Å². The summed E-state index contributed by atoms with van der Waals surface area (Å²) >= 11 is 7.78. The number of aldehydes is 1. The second kappa shape index (κ2) is 6.95. The summed E-state index contributed by atoms with van der Waals surface area (Å²) in [5.41, 5.74) is 0.362. The molecule has 6 heteroatoms. The van der Waals surface area contributed by atoms with Gasteiger partial charge in [-0.25, -0.2) is 9.97 Å². The summed E-state index contributed by atoms with van der Waals surface area (Å²) in [5, 5.41) is 0.219. The van der Waals surface area contributed by atoms with E-state index in [9.17, 15) is 4.79 Å². The molecule has 0 N–H and O–H groups in total. The van der Waals surface area contributed by atoms with Gasteiger partial charge in [0.25, 0.3) is 0 Å². The molecular weight excluding hydrogens is 270 g/mol. The average molecular weight is 288 g/mol. The summed E-state index contributed by atoms with van der Waals surface area (Å²) in [4.78, 5) is 21.4. The van der Waals surface area contributed by atoms with Crippen LogP contribution in [0.5, 0.6) is 0 Å². The van der Waals surface area contributed by atoms with Crippen LogP contribution in [-0.2, 0) is 0 Å². The van der Waals surface area contributed by atoms with Gasteiger partial charge in [0.2, 0.25) is 0 Å². The predicted molar refractivity (Wildman–Crippen MR) is 78.0 cm³/mol. The van der Waals surface area contributed by atoms with Gasteiger partial charge in [-0.2, -0.15) is 11.8 Å². The zero-order valence-corrected chi connectivity index (χ0v) is 12.7. The molecule has 0 saturated heterocycles. The monoisotopic (exact) mass is 287 g/mol. The van der Waals surface area contributed by atoms with Crippen LogP contribution in [-0.4, -0.2) is 41.4 Å². The average Bonchev–Trinajstić information content (AvgIpc) is 2.34. The molecule has 0 aliphatic carbocycles. The van der Waals surface area contributed by atoms with Crippen LogP contribution in [0.3, 0.4) is 0 Å². The number of anilines is 1. The fraction of sp³-hybridized carbons (Fsp3) is 0.583.